The minimum absolute atomic E-state index is 0.340. The first-order chi connectivity index (χ1) is 10.8. The van der Waals surface area contributed by atoms with Crippen molar-refractivity contribution in [1.29, 1.82) is 0 Å². The Labute approximate surface area is 141 Å². The summed E-state index contributed by atoms with van der Waals surface area (Å²) in [7, 11) is 0. The van der Waals surface area contributed by atoms with E-state index in [1.165, 1.54) is 4.88 Å². The van der Waals surface area contributed by atoms with Crippen LogP contribution in [0, 0.1) is 0 Å². The topological polar surface area (TPSA) is 56.2 Å². The molecule has 2 rings (SSSR count). The number of amides is 1. The molecule has 2 aromatic heterocycles. The average molecular weight is 335 g/mol. The number of imidazole rings is 1. The molecule has 126 valence electrons. The van der Waals surface area contributed by atoms with Gasteiger partial charge in [-0.1, -0.05) is 6.07 Å². The molecule has 1 unspecified atom stereocenters. The molecule has 1 amide bonds. The third-order valence-electron chi connectivity index (χ3n) is 3.35. The van der Waals surface area contributed by atoms with Gasteiger partial charge in [0, 0.05) is 42.2 Å². The quantitative estimate of drug-likeness (QED) is 0.873. The van der Waals surface area contributed by atoms with Gasteiger partial charge in [0.1, 0.15) is 5.60 Å². The zero-order chi connectivity index (χ0) is 16.9. The SMILES string of the molecule is CC(Cc1cccs1)n1cncc1CCNC(=O)OC(C)(C)C. The zero-order valence-electron chi connectivity index (χ0n) is 14.2. The first-order valence-corrected chi connectivity index (χ1v) is 8.73. The van der Waals surface area contributed by atoms with Crippen molar-refractivity contribution in [2.24, 2.45) is 0 Å². The first-order valence-electron chi connectivity index (χ1n) is 7.85. The normalized spacial score (nSPS) is 12.9. The van der Waals surface area contributed by atoms with Crippen molar-refractivity contribution < 1.29 is 9.53 Å². The maximum absolute atomic E-state index is 11.7. The summed E-state index contributed by atoms with van der Waals surface area (Å²) < 4.78 is 7.41. The summed E-state index contributed by atoms with van der Waals surface area (Å²) >= 11 is 1.77. The van der Waals surface area contributed by atoms with Gasteiger partial charge in [0.25, 0.3) is 0 Å². The van der Waals surface area contributed by atoms with E-state index in [4.69, 9.17) is 4.74 Å². The van der Waals surface area contributed by atoms with Crippen molar-refractivity contribution in [3.8, 4) is 0 Å². The van der Waals surface area contributed by atoms with Gasteiger partial charge in [0.05, 0.1) is 6.33 Å². The summed E-state index contributed by atoms with van der Waals surface area (Å²) in [5, 5.41) is 4.89. The van der Waals surface area contributed by atoms with Gasteiger partial charge in [-0.05, 0) is 39.1 Å². The Balaban J connectivity index is 1.85. The van der Waals surface area contributed by atoms with E-state index in [0.717, 1.165) is 18.5 Å². The molecule has 0 spiro atoms. The molecule has 23 heavy (non-hydrogen) atoms. The molecule has 6 heteroatoms. The van der Waals surface area contributed by atoms with Crippen LogP contribution >= 0.6 is 11.3 Å². The number of hydrogen-bond donors (Lipinski definition) is 1. The number of thiophene rings is 1. The molecule has 0 aliphatic heterocycles. The highest BCUT2D eigenvalue weighted by Crippen LogP contribution is 2.19. The summed E-state index contributed by atoms with van der Waals surface area (Å²) in [6, 6.07) is 4.57. The van der Waals surface area contributed by atoms with Crippen LogP contribution in [-0.2, 0) is 17.6 Å². The number of ether oxygens (including phenoxy) is 1. The highest BCUT2D eigenvalue weighted by atomic mass is 32.1. The number of carbonyl (C=O) groups is 1. The monoisotopic (exact) mass is 335 g/mol. The lowest BCUT2D eigenvalue weighted by Gasteiger charge is -2.20. The maximum atomic E-state index is 11.7. The Morgan fingerprint density at radius 3 is 2.91 bits per heavy atom. The van der Waals surface area contributed by atoms with Crippen molar-refractivity contribution in [3.05, 3.63) is 40.6 Å². The summed E-state index contributed by atoms with van der Waals surface area (Å²) in [4.78, 5) is 17.3. The number of aromatic nitrogens is 2. The second kappa shape index (κ2) is 7.64. The van der Waals surface area contributed by atoms with E-state index in [1.54, 1.807) is 11.3 Å². The lowest BCUT2D eigenvalue weighted by molar-refractivity contribution is 0.0528. The van der Waals surface area contributed by atoms with Crippen molar-refractivity contribution in [3.63, 3.8) is 0 Å². The highest BCUT2D eigenvalue weighted by Gasteiger charge is 2.16. The van der Waals surface area contributed by atoms with Gasteiger partial charge < -0.3 is 14.6 Å². The van der Waals surface area contributed by atoms with Crippen LogP contribution in [0.4, 0.5) is 4.79 Å². The Bertz CT molecular complexity index is 614. The summed E-state index contributed by atoms with van der Waals surface area (Å²) in [5.41, 5.74) is 0.645. The molecular formula is C17H25N3O2S. The van der Waals surface area contributed by atoms with Crippen LogP contribution in [0.15, 0.2) is 30.0 Å². The minimum atomic E-state index is -0.471. The van der Waals surface area contributed by atoms with E-state index < -0.39 is 5.60 Å². The van der Waals surface area contributed by atoms with E-state index in [1.807, 2.05) is 33.3 Å². The molecule has 0 radical (unpaired) electrons. The average Bonchev–Trinajstić information content (AvgIpc) is 3.07. The maximum Gasteiger partial charge on any atom is 0.407 e. The predicted molar refractivity (Wildman–Crippen MR) is 92.9 cm³/mol. The molecular weight excluding hydrogens is 310 g/mol. The van der Waals surface area contributed by atoms with Crippen LogP contribution in [-0.4, -0.2) is 27.8 Å². The zero-order valence-corrected chi connectivity index (χ0v) is 15.0. The summed E-state index contributed by atoms with van der Waals surface area (Å²) in [6.07, 6.45) is 5.06. The smallest absolute Gasteiger partial charge is 0.407 e. The lowest BCUT2D eigenvalue weighted by Crippen LogP contribution is -2.33. The Morgan fingerprint density at radius 2 is 2.26 bits per heavy atom. The molecule has 2 aromatic rings. The number of alkyl carbamates (subject to hydrolysis) is 1. The number of hydrogen-bond acceptors (Lipinski definition) is 4. The molecule has 5 nitrogen and oxygen atoms in total. The number of nitrogens with zero attached hydrogens (tertiary/aromatic N) is 2. The fourth-order valence-corrected chi connectivity index (χ4v) is 3.17. The van der Waals surface area contributed by atoms with Crippen molar-refractivity contribution in [1.82, 2.24) is 14.9 Å². The van der Waals surface area contributed by atoms with Gasteiger partial charge >= 0.3 is 6.09 Å². The largest absolute Gasteiger partial charge is 0.444 e. The van der Waals surface area contributed by atoms with Crippen molar-refractivity contribution >= 4 is 17.4 Å². The highest BCUT2D eigenvalue weighted by molar-refractivity contribution is 7.09. The van der Waals surface area contributed by atoms with E-state index in [-0.39, 0.29) is 6.09 Å². The van der Waals surface area contributed by atoms with Gasteiger partial charge in [-0.2, -0.15) is 0 Å². The van der Waals surface area contributed by atoms with Gasteiger partial charge in [-0.3, -0.25) is 0 Å². The predicted octanol–water partition coefficient (Wildman–Crippen LogP) is 3.82. The van der Waals surface area contributed by atoms with E-state index >= 15 is 0 Å². The fraction of sp³-hybridized carbons (Fsp3) is 0.529. The summed E-state index contributed by atoms with van der Waals surface area (Å²) in [6.45, 7) is 8.29. The van der Waals surface area contributed by atoms with Crippen LogP contribution < -0.4 is 5.32 Å². The van der Waals surface area contributed by atoms with Gasteiger partial charge in [-0.25, -0.2) is 9.78 Å². The molecule has 0 saturated heterocycles. The molecule has 0 fully saturated rings. The van der Waals surface area contributed by atoms with Crippen LogP contribution in [0.25, 0.3) is 0 Å². The van der Waals surface area contributed by atoms with Crippen LogP contribution in [0.2, 0.25) is 0 Å². The Kier molecular flexibility index (Phi) is 5.82. The lowest BCUT2D eigenvalue weighted by atomic mass is 10.2. The third kappa shape index (κ3) is 5.71. The molecule has 0 bridgehead atoms. The summed E-state index contributed by atoms with van der Waals surface area (Å²) in [5.74, 6) is 0. The molecule has 0 aliphatic carbocycles. The molecule has 1 atom stereocenters. The first kappa shape index (κ1) is 17.5. The Hall–Kier alpha value is -1.82. The minimum Gasteiger partial charge on any atom is -0.444 e. The number of carbonyl (C=O) groups excluding carboxylic acids is 1. The number of rotatable bonds is 6. The van der Waals surface area contributed by atoms with Crippen molar-refractivity contribution in [2.75, 3.05) is 6.54 Å². The van der Waals surface area contributed by atoms with Gasteiger partial charge in [0.2, 0.25) is 0 Å². The molecule has 0 aliphatic rings. The molecule has 2 heterocycles. The van der Waals surface area contributed by atoms with Crippen LogP contribution in [0.3, 0.4) is 0 Å². The van der Waals surface area contributed by atoms with E-state index in [9.17, 15) is 4.79 Å². The van der Waals surface area contributed by atoms with Gasteiger partial charge in [0.15, 0.2) is 0 Å². The van der Waals surface area contributed by atoms with Crippen LogP contribution in [0.1, 0.15) is 44.3 Å². The van der Waals surface area contributed by atoms with E-state index in [2.05, 4.69) is 39.3 Å². The Morgan fingerprint density at radius 1 is 1.48 bits per heavy atom. The van der Waals surface area contributed by atoms with E-state index in [0.29, 0.717) is 12.6 Å². The third-order valence-corrected chi connectivity index (χ3v) is 4.25. The fourth-order valence-electron chi connectivity index (χ4n) is 2.35. The molecule has 1 N–H and O–H groups in total. The standard InChI is InChI=1S/C17H25N3O2S/c1-13(10-15-6-5-9-23-15)20-12-18-11-14(20)7-8-19-16(21)22-17(2,3)4/h5-6,9,11-13H,7-8,10H2,1-4H3,(H,19,21). The molecule has 0 saturated carbocycles. The number of nitrogens with one attached hydrogen (secondary N) is 1. The second-order valence-corrected chi connectivity index (χ2v) is 7.64. The van der Waals surface area contributed by atoms with Gasteiger partial charge in [-0.15, -0.1) is 11.3 Å². The second-order valence-electron chi connectivity index (χ2n) is 6.60. The van der Waals surface area contributed by atoms with Crippen LogP contribution in [0.5, 0.6) is 0 Å². The molecule has 0 aromatic carbocycles. The van der Waals surface area contributed by atoms with Crippen molar-refractivity contribution in [2.45, 2.75) is 52.2 Å².